The lowest BCUT2D eigenvalue weighted by Crippen LogP contribution is -2.64. The second-order valence-corrected chi connectivity index (χ2v) is 24.6. The van der Waals surface area contributed by atoms with Crippen LogP contribution in [0.1, 0.15) is 90.9 Å². The number of benzene rings is 3. The summed E-state index contributed by atoms with van der Waals surface area (Å²) in [7, 11) is 1.61. The second kappa shape index (κ2) is 22.1. The Morgan fingerprint density at radius 2 is 1.65 bits per heavy atom. The first kappa shape index (κ1) is 57.0. The summed E-state index contributed by atoms with van der Waals surface area (Å²) in [6.07, 6.45) is -2.85. The van der Waals surface area contributed by atoms with Gasteiger partial charge in [0.1, 0.15) is 30.7 Å². The number of hydrogen-bond acceptors (Lipinski definition) is 17. The van der Waals surface area contributed by atoms with E-state index in [4.69, 9.17) is 29.8 Å². The summed E-state index contributed by atoms with van der Waals surface area (Å²) < 4.78 is 26.6. The van der Waals surface area contributed by atoms with E-state index in [0.29, 0.717) is 50.8 Å². The number of carboxylic acids is 2. The van der Waals surface area contributed by atoms with Crippen molar-refractivity contribution in [3.05, 3.63) is 108 Å². The lowest BCUT2D eigenvalue weighted by atomic mass is 9.39. The van der Waals surface area contributed by atoms with E-state index >= 15 is 0 Å². The summed E-state index contributed by atoms with van der Waals surface area (Å²) in [6.45, 7) is 7.50. The molecule has 4 bridgehead atoms. The number of carbonyl (C=O) groups excluding carboxylic acids is 3. The summed E-state index contributed by atoms with van der Waals surface area (Å²) >= 11 is 1.38. The topological polar surface area (TPSA) is 336 Å². The minimum Gasteiger partial charge on any atom is -0.479 e. The number of carbonyl (C=O) groups is 5. The molecule has 7 aromatic rings. The third-order valence-electron chi connectivity index (χ3n) is 16.6. The Kier molecular flexibility index (Phi) is 15.1. The third-order valence-corrected chi connectivity index (χ3v) is 17.5. The number of ether oxygens (including phenoxy) is 4. The first-order valence-electron chi connectivity index (χ1n) is 27.3. The van der Waals surface area contributed by atoms with Gasteiger partial charge in [-0.15, -0.1) is 0 Å². The lowest BCUT2D eigenvalue weighted by molar-refractivity contribution is -0.271. The molecule has 24 heteroatoms. The number of hydrogen-bond donors (Lipinski definition) is 9. The van der Waals surface area contributed by atoms with Crippen LogP contribution in [0.25, 0.3) is 43.6 Å². The number of likely N-dealkylation sites (N-methyl/N-ethyl adjacent to an activating group) is 1. The van der Waals surface area contributed by atoms with Gasteiger partial charge in [0.15, 0.2) is 16.9 Å². The largest absolute Gasteiger partial charge is 0.479 e. The van der Waals surface area contributed by atoms with Crippen LogP contribution in [0.4, 0.5) is 15.6 Å². The highest BCUT2D eigenvalue weighted by Crippen LogP contribution is 2.72. The Bertz CT molecular complexity index is 3640. The zero-order valence-electron chi connectivity index (χ0n) is 46.1. The van der Waals surface area contributed by atoms with Gasteiger partial charge in [0.05, 0.1) is 56.8 Å². The van der Waals surface area contributed by atoms with Crippen LogP contribution in [-0.4, -0.2) is 148 Å². The van der Waals surface area contributed by atoms with Crippen LogP contribution in [-0.2, 0) is 37.0 Å². The van der Waals surface area contributed by atoms with Crippen molar-refractivity contribution in [2.24, 2.45) is 22.0 Å². The molecule has 10 N–H and O–H groups in total. The molecule has 4 saturated carbocycles. The molecule has 5 heterocycles. The molecule has 1 aliphatic heterocycles. The van der Waals surface area contributed by atoms with Crippen molar-refractivity contribution in [3.8, 4) is 28.3 Å². The predicted molar refractivity (Wildman–Crippen MR) is 304 cm³/mol. The van der Waals surface area contributed by atoms with Gasteiger partial charge in [-0.1, -0.05) is 55.5 Å². The van der Waals surface area contributed by atoms with Gasteiger partial charge in [-0.3, -0.25) is 19.6 Å². The summed E-state index contributed by atoms with van der Waals surface area (Å²) in [4.78, 5) is 78.4. The molecule has 23 nitrogen and oxygen atoms in total. The molecule has 0 spiro atoms. The summed E-state index contributed by atoms with van der Waals surface area (Å²) in [6, 6.07) is 22.8. The molecular weight excluding hydrogens is 1090 g/mol. The maximum atomic E-state index is 13.6. The van der Waals surface area contributed by atoms with Gasteiger partial charge < -0.3 is 65.4 Å². The number of H-pyrrole nitrogens is 1. The molecule has 2 unspecified atom stereocenters. The van der Waals surface area contributed by atoms with E-state index in [1.807, 2.05) is 48.0 Å². The number of aromatic amines is 1. The molecule has 5 fully saturated rings. The summed E-state index contributed by atoms with van der Waals surface area (Å²) in [5.41, 5.74) is 9.84. The van der Waals surface area contributed by atoms with Gasteiger partial charge >= 0.3 is 18.0 Å². The number of aromatic nitrogens is 5. The van der Waals surface area contributed by atoms with Gasteiger partial charge in [0.25, 0.3) is 5.91 Å². The van der Waals surface area contributed by atoms with Gasteiger partial charge in [0.2, 0.25) is 12.2 Å². The van der Waals surface area contributed by atoms with E-state index in [9.17, 15) is 49.5 Å². The van der Waals surface area contributed by atoms with E-state index in [1.54, 1.807) is 37.5 Å². The quantitative estimate of drug-likeness (QED) is 0.0396. The predicted octanol–water partition coefficient (Wildman–Crippen LogP) is 6.92. The van der Waals surface area contributed by atoms with Crippen molar-refractivity contribution in [2.45, 2.75) is 115 Å². The molecule has 7 atom stereocenters. The number of anilines is 2. The van der Waals surface area contributed by atoms with Crippen LogP contribution in [0.15, 0.2) is 85.1 Å². The maximum Gasteiger partial charge on any atom is 0.409 e. The number of amides is 3. The van der Waals surface area contributed by atoms with Crippen molar-refractivity contribution >= 4 is 73.1 Å². The number of fused-ring (bicyclic) bond motifs is 2. The van der Waals surface area contributed by atoms with E-state index < -0.39 is 60.2 Å². The van der Waals surface area contributed by atoms with Gasteiger partial charge in [-0.25, -0.2) is 24.4 Å². The number of nitrogens with two attached hydrogens (primary N) is 1. The average Bonchev–Trinajstić information content (AvgIpc) is 1.69. The molecule has 5 aliphatic rings. The molecule has 1 saturated heterocycles. The number of aliphatic hydroxyl groups excluding tert-OH is 3. The van der Waals surface area contributed by atoms with Crippen LogP contribution in [0.5, 0.6) is 5.75 Å². The lowest BCUT2D eigenvalue weighted by Gasteiger charge is -2.69. The highest BCUT2D eigenvalue weighted by Gasteiger charge is 2.66. The van der Waals surface area contributed by atoms with Crippen LogP contribution >= 0.6 is 11.3 Å². The minimum absolute atomic E-state index is 0.0187. The number of nitrogens with one attached hydrogen (secondary N) is 3. The first-order chi connectivity index (χ1) is 39.5. The fourth-order valence-corrected chi connectivity index (χ4v) is 15.0. The Hall–Kier alpha value is -7.84. The van der Waals surface area contributed by atoms with Crippen LogP contribution in [0.3, 0.4) is 0 Å². The Morgan fingerprint density at radius 3 is 2.39 bits per heavy atom. The molecule has 4 aliphatic carbocycles. The van der Waals surface area contributed by atoms with E-state index in [0.717, 1.165) is 59.8 Å². The number of carboxylic acid groups (broad SMARTS) is 2. The normalized spacial score (nSPS) is 26.2. The third kappa shape index (κ3) is 11.4. The monoisotopic (exact) mass is 1160 g/mol. The van der Waals surface area contributed by atoms with Gasteiger partial charge in [0, 0.05) is 55.3 Å². The van der Waals surface area contributed by atoms with Crippen molar-refractivity contribution in [2.75, 3.05) is 37.4 Å². The number of nitrogens with zero attached hydrogens (tertiary/aromatic N) is 5. The molecular formula is C59H65N9O14S. The highest BCUT2D eigenvalue weighted by atomic mass is 32.1. The number of aliphatic hydroxyl groups is 3. The molecule has 3 amide bonds. The van der Waals surface area contributed by atoms with Crippen molar-refractivity contribution in [1.82, 2.24) is 29.6 Å². The van der Waals surface area contributed by atoms with E-state index in [2.05, 4.69) is 39.4 Å². The molecule has 3 aromatic carbocycles. The zero-order valence-corrected chi connectivity index (χ0v) is 46.9. The van der Waals surface area contributed by atoms with Gasteiger partial charge in [-0.05, 0) is 116 Å². The van der Waals surface area contributed by atoms with Crippen LogP contribution in [0.2, 0.25) is 0 Å². The molecule has 0 radical (unpaired) electrons. The molecule has 12 rings (SSSR count). The smallest absolute Gasteiger partial charge is 0.409 e. The number of rotatable bonds is 19. The Balaban J connectivity index is 0.742. The molecule has 83 heavy (non-hydrogen) atoms. The van der Waals surface area contributed by atoms with E-state index in [1.165, 1.54) is 34.4 Å². The van der Waals surface area contributed by atoms with Crippen molar-refractivity contribution in [3.63, 3.8) is 0 Å². The fourth-order valence-electron chi connectivity index (χ4n) is 14.1. The van der Waals surface area contributed by atoms with Crippen LogP contribution < -0.4 is 21.1 Å². The molecule has 436 valence electrons. The number of aromatic carboxylic acids is 1. The number of para-hydroxylation sites is 2. The molecule has 4 aromatic heterocycles. The van der Waals surface area contributed by atoms with Crippen molar-refractivity contribution in [1.29, 1.82) is 0 Å². The van der Waals surface area contributed by atoms with Crippen molar-refractivity contribution < 1.29 is 68.5 Å². The number of pyridine rings is 1. The van der Waals surface area contributed by atoms with Crippen LogP contribution in [0, 0.1) is 23.2 Å². The SMILES string of the molecule is Cc1c(-c2ccc(-c3cc4cccc(C(=O)Nc5nc6ccccc6s5)c4[nH]3)nc2C(=O)O)cnn1CC12CC3(C)CC(C)(C1)CC(OCCN(C)C(=O)OCc1ccc(O[C@@H]4O[C@H](C(=O)O)[C@@H](O)[C@H](O)[C@H]4O)c(NC(=O)CCN)c1)(C3)C2. The Morgan fingerprint density at radius 1 is 0.880 bits per heavy atom. The highest BCUT2D eigenvalue weighted by molar-refractivity contribution is 7.22. The Labute approximate surface area is 479 Å². The minimum atomic E-state index is -1.93. The fraction of sp³-hybridized carbons (Fsp3) is 0.424. The standard InChI is InChI=1S/C59H65N9O14S/c1-31-36(34-13-14-37(63-45(34)51(74)75)39-21-33-8-7-9-35(44(33)64-39)50(73)66-54-65-38-10-5-6-11-42(38)83-54)22-61-68(31)30-58-25-56(2)24-57(3,26-58)28-59(27-56,29-58)80-19-18-67(4)55(78)79-23-32-12-15-41(40(20-32)62-43(69)16-17-60)81-53-48(72)46(70)47(71)49(82-53)52(76)77/h5-15,20-22,46-49,53,64,70-72H,16-19,23-30,60H2,1-4H3,(H,62,69)(H,74,75)(H,76,77)(H,65,66,73)/t46-,47-,48+,49-,53+,56?,57?,58?,59?/m0/s1. The maximum absolute atomic E-state index is 13.6. The number of aliphatic carboxylic acids is 1. The first-order valence-corrected chi connectivity index (χ1v) is 28.2. The zero-order chi connectivity index (χ0) is 58.8. The average molecular weight is 1160 g/mol. The summed E-state index contributed by atoms with van der Waals surface area (Å²) in [5.74, 6) is -3.69. The van der Waals surface area contributed by atoms with Gasteiger partial charge in [-0.2, -0.15) is 5.10 Å². The second-order valence-electron chi connectivity index (χ2n) is 23.6. The number of thiazole rings is 1. The van der Waals surface area contributed by atoms with E-state index in [-0.39, 0.29) is 72.0 Å². The summed E-state index contributed by atoms with van der Waals surface area (Å²) in [5, 5.41) is 62.8.